The van der Waals surface area contributed by atoms with E-state index in [0.717, 1.165) is 18.9 Å². The fourth-order valence-electron chi connectivity index (χ4n) is 2.46. The van der Waals surface area contributed by atoms with Gasteiger partial charge in [-0.3, -0.25) is 4.79 Å². The Labute approximate surface area is 123 Å². The van der Waals surface area contributed by atoms with E-state index in [4.69, 9.17) is 9.84 Å². The molecule has 0 radical (unpaired) electrons. The van der Waals surface area contributed by atoms with Crippen molar-refractivity contribution in [3.8, 4) is 5.75 Å². The Morgan fingerprint density at radius 2 is 2.10 bits per heavy atom. The second-order valence-corrected chi connectivity index (χ2v) is 5.38. The molecule has 1 aromatic carbocycles. The molecule has 1 amide bonds. The predicted molar refractivity (Wildman–Crippen MR) is 79.3 cm³/mol. The first-order valence-corrected chi connectivity index (χ1v) is 6.89. The summed E-state index contributed by atoms with van der Waals surface area (Å²) in [5.41, 5.74) is 1.06. The van der Waals surface area contributed by atoms with Gasteiger partial charge in [0.25, 0.3) is 5.91 Å². The second kappa shape index (κ2) is 6.43. The van der Waals surface area contributed by atoms with Gasteiger partial charge in [0.1, 0.15) is 5.75 Å². The normalized spacial score (nSPS) is 20.9. The van der Waals surface area contributed by atoms with Crippen molar-refractivity contribution in [2.75, 3.05) is 7.11 Å². The lowest BCUT2D eigenvalue weighted by atomic mass is 9.82. The molecule has 0 aliphatic heterocycles. The molecule has 112 valence electrons. The summed E-state index contributed by atoms with van der Waals surface area (Å²) in [7, 11) is 1.50. The van der Waals surface area contributed by atoms with Gasteiger partial charge in [0.2, 0.25) is 0 Å². The minimum absolute atomic E-state index is 0.139. The number of carbonyl (C=O) groups excluding carboxylic acids is 1. The maximum absolute atomic E-state index is 12.2. The Hall–Kier alpha value is -2.30. The minimum atomic E-state index is -1.05. The largest absolute Gasteiger partial charge is 0.496 e. The number of ether oxygens (including phenoxy) is 1. The first-order chi connectivity index (χ1) is 9.99. The average Bonchev–Trinajstić information content (AvgIpc) is 2.42. The van der Waals surface area contributed by atoms with Crippen LogP contribution in [0.4, 0.5) is 0 Å². The third-order valence-electron chi connectivity index (χ3n) is 3.61. The van der Waals surface area contributed by atoms with Gasteiger partial charge in [-0.15, -0.1) is 0 Å². The fourth-order valence-corrected chi connectivity index (χ4v) is 2.46. The Kier molecular flexibility index (Phi) is 4.62. The minimum Gasteiger partial charge on any atom is -0.496 e. The van der Waals surface area contributed by atoms with Crippen LogP contribution in [0.25, 0.3) is 6.08 Å². The Bertz CT molecular complexity index is 574. The van der Waals surface area contributed by atoms with Crippen LogP contribution in [0.3, 0.4) is 0 Å². The van der Waals surface area contributed by atoms with Crippen molar-refractivity contribution < 1.29 is 19.4 Å². The predicted octanol–water partition coefficient (Wildman–Crippen LogP) is 2.32. The van der Waals surface area contributed by atoms with E-state index in [-0.39, 0.29) is 11.9 Å². The highest BCUT2D eigenvalue weighted by Gasteiger charge is 2.26. The molecule has 0 unspecified atom stereocenters. The zero-order valence-electron chi connectivity index (χ0n) is 12.1. The van der Waals surface area contributed by atoms with Crippen LogP contribution in [0, 0.1) is 5.92 Å². The van der Waals surface area contributed by atoms with Crippen LogP contribution in [0.15, 0.2) is 24.3 Å². The van der Waals surface area contributed by atoms with Crippen molar-refractivity contribution in [3.05, 3.63) is 35.4 Å². The van der Waals surface area contributed by atoms with Gasteiger partial charge >= 0.3 is 5.97 Å². The summed E-state index contributed by atoms with van der Waals surface area (Å²) in [6.45, 7) is 2.16. The van der Waals surface area contributed by atoms with Crippen molar-refractivity contribution in [2.45, 2.75) is 25.8 Å². The Balaban J connectivity index is 2.14. The van der Waals surface area contributed by atoms with E-state index >= 15 is 0 Å². The first kappa shape index (κ1) is 15.1. The Morgan fingerprint density at radius 3 is 2.67 bits per heavy atom. The lowest BCUT2D eigenvalue weighted by molar-refractivity contribution is -0.131. The summed E-state index contributed by atoms with van der Waals surface area (Å²) in [6.07, 6.45) is 4.46. The molecule has 5 heteroatoms. The summed E-state index contributed by atoms with van der Waals surface area (Å²) in [4.78, 5) is 22.8. The third kappa shape index (κ3) is 3.84. The number of hydrogen-bond acceptors (Lipinski definition) is 3. The third-order valence-corrected chi connectivity index (χ3v) is 3.61. The molecule has 1 fully saturated rings. The van der Waals surface area contributed by atoms with E-state index in [1.54, 1.807) is 18.2 Å². The number of rotatable bonds is 5. The number of carboxylic acids is 1. The summed E-state index contributed by atoms with van der Waals surface area (Å²) in [5.74, 6) is 0.0106. The Morgan fingerprint density at radius 1 is 1.38 bits per heavy atom. The van der Waals surface area contributed by atoms with Gasteiger partial charge in [0.15, 0.2) is 0 Å². The van der Waals surface area contributed by atoms with Crippen LogP contribution in [-0.4, -0.2) is 30.1 Å². The number of methoxy groups -OCH3 is 1. The summed E-state index contributed by atoms with van der Waals surface area (Å²) < 4.78 is 5.16. The van der Waals surface area contributed by atoms with E-state index in [0.29, 0.717) is 22.8 Å². The van der Waals surface area contributed by atoms with Gasteiger partial charge in [0, 0.05) is 23.2 Å². The fraction of sp³-hybridized carbons (Fsp3) is 0.375. The SMILES string of the molecule is COc1ccc(C(=O)NC2CC(C)C2)cc1/C=C/C(=O)O. The molecular weight excluding hydrogens is 270 g/mol. The average molecular weight is 289 g/mol. The smallest absolute Gasteiger partial charge is 0.328 e. The molecule has 2 N–H and O–H groups in total. The van der Waals surface area contributed by atoms with Crippen molar-refractivity contribution in [3.63, 3.8) is 0 Å². The molecule has 0 atom stereocenters. The molecule has 21 heavy (non-hydrogen) atoms. The molecule has 0 aromatic heterocycles. The monoisotopic (exact) mass is 289 g/mol. The maximum Gasteiger partial charge on any atom is 0.328 e. The highest BCUT2D eigenvalue weighted by atomic mass is 16.5. The van der Waals surface area contributed by atoms with Gasteiger partial charge < -0.3 is 15.2 Å². The van der Waals surface area contributed by atoms with Crippen LogP contribution < -0.4 is 10.1 Å². The number of carboxylic acid groups (broad SMARTS) is 1. The number of carbonyl (C=O) groups is 2. The van der Waals surface area contributed by atoms with Crippen molar-refractivity contribution in [1.29, 1.82) is 0 Å². The molecular formula is C16H19NO4. The lowest BCUT2D eigenvalue weighted by Gasteiger charge is -2.33. The summed E-state index contributed by atoms with van der Waals surface area (Å²) in [6, 6.07) is 5.22. The second-order valence-electron chi connectivity index (χ2n) is 5.38. The number of amides is 1. The zero-order valence-corrected chi connectivity index (χ0v) is 12.1. The van der Waals surface area contributed by atoms with Crippen molar-refractivity contribution >= 4 is 18.0 Å². The number of nitrogens with one attached hydrogen (secondary N) is 1. The molecule has 0 heterocycles. The summed E-state index contributed by atoms with van der Waals surface area (Å²) in [5, 5.41) is 11.7. The van der Waals surface area contributed by atoms with Gasteiger partial charge in [-0.25, -0.2) is 4.79 Å². The molecule has 5 nitrogen and oxygen atoms in total. The van der Waals surface area contributed by atoms with E-state index < -0.39 is 5.97 Å². The van der Waals surface area contributed by atoms with E-state index in [1.807, 2.05) is 0 Å². The van der Waals surface area contributed by atoms with Crippen molar-refractivity contribution in [2.24, 2.45) is 5.92 Å². The quantitative estimate of drug-likeness (QED) is 0.816. The highest BCUT2D eigenvalue weighted by Crippen LogP contribution is 2.27. The van der Waals surface area contributed by atoms with Crippen LogP contribution >= 0.6 is 0 Å². The van der Waals surface area contributed by atoms with Crippen LogP contribution in [0.1, 0.15) is 35.7 Å². The highest BCUT2D eigenvalue weighted by molar-refractivity contribution is 5.96. The van der Waals surface area contributed by atoms with Crippen LogP contribution in [0.5, 0.6) is 5.75 Å². The number of hydrogen-bond donors (Lipinski definition) is 2. The molecule has 1 aliphatic carbocycles. The van der Waals surface area contributed by atoms with Crippen LogP contribution in [-0.2, 0) is 4.79 Å². The van der Waals surface area contributed by atoms with E-state index in [2.05, 4.69) is 12.2 Å². The molecule has 0 saturated heterocycles. The van der Waals surface area contributed by atoms with Gasteiger partial charge in [-0.1, -0.05) is 6.92 Å². The van der Waals surface area contributed by atoms with Crippen molar-refractivity contribution in [1.82, 2.24) is 5.32 Å². The van der Waals surface area contributed by atoms with E-state index in [9.17, 15) is 9.59 Å². The molecule has 1 saturated carbocycles. The molecule has 2 rings (SSSR count). The topological polar surface area (TPSA) is 75.6 Å². The van der Waals surface area contributed by atoms with Gasteiger partial charge in [-0.05, 0) is 43.0 Å². The number of aliphatic carboxylic acids is 1. The first-order valence-electron chi connectivity index (χ1n) is 6.89. The molecule has 0 bridgehead atoms. The summed E-state index contributed by atoms with van der Waals surface area (Å²) >= 11 is 0. The van der Waals surface area contributed by atoms with Gasteiger partial charge in [0.05, 0.1) is 7.11 Å². The van der Waals surface area contributed by atoms with Crippen LogP contribution in [0.2, 0.25) is 0 Å². The number of benzene rings is 1. The standard InChI is InChI=1S/C16H19NO4/c1-10-7-13(8-10)17-16(20)12-3-5-14(21-2)11(9-12)4-6-15(18)19/h3-6,9-10,13H,7-8H2,1-2H3,(H,17,20)(H,18,19)/b6-4+. The lowest BCUT2D eigenvalue weighted by Crippen LogP contribution is -2.43. The molecule has 1 aliphatic rings. The van der Waals surface area contributed by atoms with Gasteiger partial charge in [-0.2, -0.15) is 0 Å². The van der Waals surface area contributed by atoms with E-state index in [1.165, 1.54) is 13.2 Å². The molecule has 0 spiro atoms. The maximum atomic E-state index is 12.2. The molecule has 1 aromatic rings. The zero-order chi connectivity index (χ0) is 15.4.